The fourth-order valence-corrected chi connectivity index (χ4v) is 1.49. The van der Waals surface area contributed by atoms with Crippen LogP contribution >= 0.6 is 0 Å². The second kappa shape index (κ2) is 4.25. The predicted octanol–water partition coefficient (Wildman–Crippen LogP) is -0.284. The maximum atomic E-state index is 11.2. The van der Waals surface area contributed by atoms with Crippen LogP contribution in [-0.2, 0) is 14.3 Å². The van der Waals surface area contributed by atoms with Crippen molar-refractivity contribution >= 4 is 11.9 Å². The molecule has 1 fully saturated rings. The normalized spacial score (nSPS) is 18.8. The average molecular weight is 185 g/mol. The van der Waals surface area contributed by atoms with Gasteiger partial charge < -0.3 is 14.6 Å². The molecule has 13 heavy (non-hydrogen) atoms. The lowest BCUT2D eigenvalue weighted by molar-refractivity contribution is -0.313. The van der Waals surface area contributed by atoms with Gasteiger partial charge in [-0.05, 0) is 25.7 Å². The van der Waals surface area contributed by atoms with Gasteiger partial charge in [-0.15, -0.1) is 0 Å². The van der Waals surface area contributed by atoms with Crippen LogP contribution in [0, 0.1) is 11.8 Å². The van der Waals surface area contributed by atoms with E-state index >= 15 is 0 Å². The van der Waals surface area contributed by atoms with Crippen molar-refractivity contribution in [1.29, 1.82) is 0 Å². The van der Waals surface area contributed by atoms with Gasteiger partial charge in [-0.3, -0.25) is 4.79 Å². The molecule has 0 spiro atoms. The number of carboxylic acid groups (broad SMARTS) is 1. The fourth-order valence-electron chi connectivity index (χ4n) is 1.49. The summed E-state index contributed by atoms with van der Waals surface area (Å²) in [6.07, 6.45) is 2.57. The number of ether oxygens (including phenoxy) is 1. The van der Waals surface area contributed by atoms with E-state index in [0.717, 1.165) is 19.3 Å². The van der Waals surface area contributed by atoms with Gasteiger partial charge in [0, 0.05) is 0 Å². The van der Waals surface area contributed by atoms with Crippen LogP contribution in [0.1, 0.15) is 26.2 Å². The largest absolute Gasteiger partial charge is 0.549 e. The number of carbonyl (C=O) groups is 2. The highest BCUT2D eigenvalue weighted by Crippen LogP contribution is 2.33. The Bertz CT molecular complexity index is 208. The van der Waals surface area contributed by atoms with E-state index in [4.69, 9.17) is 0 Å². The van der Waals surface area contributed by atoms with Gasteiger partial charge in [0.15, 0.2) is 0 Å². The Morgan fingerprint density at radius 2 is 2.15 bits per heavy atom. The van der Waals surface area contributed by atoms with E-state index in [1.54, 1.807) is 6.92 Å². The smallest absolute Gasteiger partial charge is 0.314 e. The molecule has 1 aliphatic carbocycles. The van der Waals surface area contributed by atoms with Gasteiger partial charge in [-0.25, -0.2) is 0 Å². The van der Waals surface area contributed by atoms with Crippen LogP contribution in [0.15, 0.2) is 0 Å². The maximum Gasteiger partial charge on any atom is 0.314 e. The Morgan fingerprint density at radius 1 is 1.54 bits per heavy atom. The molecular formula is C9H13O4-. The minimum Gasteiger partial charge on any atom is -0.549 e. The predicted molar refractivity (Wildman–Crippen MR) is 42.5 cm³/mol. The van der Waals surface area contributed by atoms with E-state index in [9.17, 15) is 14.7 Å². The van der Waals surface area contributed by atoms with Gasteiger partial charge in [0.1, 0.15) is 0 Å². The molecule has 0 aromatic heterocycles. The highest BCUT2D eigenvalue weighted by molar-refractivity contribution is 5.93. The van der Waals surface area contributed by atoms with E-state index < -0.39 is 17.9 Å². The molecule has 1 aliphatic rings. The third-order valence-electron chi connectivity index (χ3n) is 2.42. The van der Waals surface area contributed by atoms with E-state index in [2.05, 4.69) is 4.74 Å². The second-order valence-corrected chi connectivity index (χ2v) is 3.24. The molecule has 0 amide bonds. The van der Waals surface area contributed by atoms with E-state index in [1.807, 2.05) is 0 Å². The Kier molecular flexibility index (Phi) is 3.28. The minimum absolute atomic E-state index is 0.0657. The molecule has 0 aromatic rings. The van der Waals surface area contributed by atoms with Crippen LogP contribution < -0.4 is 5.11 Å². The average Bonchev–Trinajstić information content (AvgIpc) is 1.95. The van der Waals surface area contributed by atoms with Crippen molar-refractivity contribution in [2.75, 3.05) is 6.61 Å². The molecule has 0 aromatic carbocycles. The number of rotatable bonds is 4. The number of carboxylic acids is 1. The number of esters is 1. The molecule has 0 bridgehead atoms. The summed E-state index contributed by atoms with van der Waals surface area (Å²) in [5.41, 5.74) is 0. The molecule has 0 heterocycles. The Morgan fingerprint density at radius 3 is 2.46 bits per heavy atom. The summed E-state index contributed by atoms with van der Waals surface area (Å²) in [5, 5.41) is 10.6. The van der Waals surface area contributed by atoms with Crippen LogP contribution in [-0.4, -0.2) is 18.5 Å². The lowest BCUT2D eigenvalue weighted by Gasteiger charge is -2.32. The summed E-state index contributed by atoms with van der Waals surface area (Å²) in [6.45, 7) is 1.88. The number of carbonyl (C=O) groups excluding carboxylic acids is 2. The topological polar surface area (TPSA) is 66.4 Å². The molecule has 0 aliphatic heterocycles. The summed E-state index contributed by atoms with van der Waals surface area (Å²) in [4.78, 5) is 21.8. The zero-order chi connectivity index (χ0) is 9.84. The van der Waals surface area contributed by atoms with Crippen LogP contribution in [0.5, 0.6) is 0 Å². The first-order chi connectivity index (χ1) is 6.16. The second-order valence-electron chi connectivity index (χ2n) is 3.24. The summed E-state index contributed by atoms with van der Waals surface area (Å²) in [7, 11) is 0. The molecule has 1 unspecified atom stereocenters. The molecule has 0 N–H and O–H groups in total. The highest BCUT2D eigenvalue weighted by atomic mass is 16.5. The van der Waals surface area contributed by atoms with E-state index in [-0.39, 0.29) is 12.5 Å². The molecular weight excluding hydrogens is 172 g/mol. The lowest BCUT2D eigenvalue weighted by Crippen LogP contribution is -2.43. The van der Waals surface area contributed by atoms with Crippen molar-refractivity contribution in [3.05, 3.63) is 0 Å². The maximum absolute atomic E-state index is 11.2. The summed E-state index contributed by atoms with van der Waals surface area (Å²) < 4.78 is 4.66. The van der Waals surface area contributed by atoms with Crippen LogP contribution in [0.2, 0.25) is 0 Å². The van der Waals surface area contributed by atoms with E-state index in [0.29, 0.717) is 0 Å². The van der Waals surface area contributed by atoms with Gasteiger partial charge in [0.25, 0.3) is 0 Å². The summed E-state index contributed by atoms with van der Waals surface area (Å²) >= 11 is 0. The molecule has 1 atom stereocenters. The van der Waals surface area contributed by atoms with Crippen molar-refractivity contribution in [1.82, 2.24) is 0 Å². The van der Waals surface area contributed by atoms with Crippen LogP contribution in [0.25, 0.3) is 0 Å². The molecule has 4 nitrogen and oxygen atoms in total. The summed E-state index contributed by atoms with van der Waals surface area (Å²) in [6, 6.07) is 0. The zero-order valence-corrected chi connectivity index (χ0v) is 7.62. The van der Waals surface area contributed by atoms with Crippen molar-refractivity contribution in [2.45, 2.75) is 26.2 Å². The number of hydrogen-bond acceptors (Lipinski definition) is 4. The Balaban J connectivity index is 2.55. The van der Waals surface area contributed by atoms with Crippen molar-refractivity contribution in [2.24, 2.45) is 11.8 Å². The number of hydrogen-bond donors (Lipinski definition) is 0. The molecule has 1 saturated carbocycles. The van der Waals surface area contributed by atoms with Gasteiger partial charge >= 0.3 is 5.97 Å². The van der Waals surface area contributed by atoms with Crippen LogP contribution in [0.3, 0.4) is 0 Å². The van der Waals surface area contributed by atoms with Crippen molar-refractivity contribution in [3.63, 3.8) is 0 Å². The summed E-state index contributed by atoms with van der Waals surface area (Å²) in [5.74, 6) is -3.06. The Hall–Kier alpha value is -1.06. The van der Waals surface area contributed by atoms with Crippen molar-refractivity contribution in [3.8, 4) is 0 Å². The monoisotopic (exact) mass is 185 g/mol. The first-order valence-corrected chi connectivity index (χ1v) is 4.54. The van der Waals surface area contributed by atoms with E-state index in [1.165, 1.54) is 0 Å². The zero-order valence-electron chi connectivity index (χ0n) is 7.62. The van der Waals surface area contributed by atoms with Gasteiger partial charge in [0.05, 0.1) is 18.5 Å². The molecule has 0 saturated heterocycles. The fraction of sp³-hybridized carbons (Fsp3) is 0.778. The van der Waals surface area contributed by atoms with Gasteiger partial charge in [0.2, 0.25) is 0 Å². The third-order valence-corrected chi connectivity index (χ3v) is 2.42. The van der Waals surface area contributed by atoms with Gasteiger partial charge in [-0.2, -0.15) is 0 Å². The lowest BCUT2D eigenvalue weighted by atomic mass is 9.76. The number of aliphatic carboxylic acids is 1. The molecule has 0 radical (unpaired) electrons. The third kappa shape index (κ3) is 2.20. The molecule has 74 valence electrons. The standard InChI is InChI=1S/C9H14O4/c1-2-13-9(12)7(8(10)11)6-4-3-5-6/h6-7H,2-5H2,1H3,(H,10,11)/p-1. The van der Waals surface area contributed by atoms with Crippen LogP contribution in [0.4, 0.5) is 0 Å². The Labute approximate surface area is 76.9 Å². The quantitative estimate of drug-likeness (QED) is 0.446. The SMILES string of the molecule is CCOC(=O)C(C(=O)[O-])C1CCC1. The highest BCUT2D eigenvalue weighted by Gasteiger charge is 2.34. The first kappa shape index (κ1) is 10.0. The van der Waals surface area contributed by atoms with Crippen molar-refractivity contribution < 1.29 is 19.4 Å². The minimum atomic E-state index is -1.30. The first-order valence-electron chi connectivity index (χ1n) is 4.54. The molecule has 1 rings (SSSR count). The van der Waals surface area contributed by atoms with Gasteiger partial charge in [-0.1, -0.05) is 6.42 Å². The molecule has 4 heteroatoms.